The van der Waals surface area contributed by atoms with Crippen LogP contribution >= 0.6 is 0 Å². The highest BCUT2D eigenvalue weighted by Crippen LogP contribution is 2.63. The number of likely N-dealkylation sites (N-methyl/N-ethyl adjacent to an activating group) is 1. The number of anilines is 1. The fraction of sp³-hybridized carbons (Fsp3) is 0.565. The van der Waals surface area contributed by atoms with Crippen molar-refractivity contribution in [1.82, 2.24) is 4.90 Å². The van der Waals surface area contributed by atoms with Crippen LogP contribution in [0.3, 0.4) is 0 Å². The number of carbonyl (C=O) groups excluding carboxylic acids is 2. The van der Waals surface area contributed by atoms with Gasteiger partial charge in [0.05, 0.1) is 12.5 Å². The van der Waals surface area contributed by atoms with Crippen molar-refractivity contribution in [2.75, 3.05) is 26.0 Å². The monoisotopic (exact) mass is 396 g/mol. The van der Waals surface area contributed by atoms with E-state index >= 15 is 0 Å². The molecule has 1 spiro atoms. The number of likely N-dealkylation sites (tertiary alicyclic amines) is 1. The number of nitrogens with one attached hydrogen (secondary N) is 1. The van der Waals surface area contributed by atoms with Crippen molar-refractivity contribution >= 4 is 17.4 Å². The van der Waals surface area contributed by atoms with E-state index in [4.69, 9.17) is 9.47 Å². The predicted molar refractivity (Wildman–Crippen MR) is 110 cm³/mol. The Morgan fingerprint density at radius 2 is 2.28 bits per heavy atom. The van der Waals surface area contributed by atoms with Crippen molar-refractivity contribution in [2.24, 2.45) is 5.92 Å². The molecule has 0 unspecified atom stereocenters. The molecular formula is C23H28N2O4. The van der Waals surface area contributed by atoms with Crippen LogP contribution in [0.25, 0.3) is 0 Å². The smallest absolute Gasteiger partial charge is 0.224 e. The standard InChI is InChI=1S/C23H28N2O4/c1-4-5-6-19(27)24-15-12-18(28-3)21-20-13(15)11-16-14-7-8-17(26)22(29-21)23(14,20)9-10-25(16)2/h7-8,12,14,16,22H,4-6,9-11H2,1-3H3,(H,24,27)/t14-,16+,22-,23-/m0/s1. The van der Waals surface area contributed by atoms with E-state index in [9.17, 15) is 9.59 Å². The minimum Gasteiger partial charge on any atom is -0.493 e. The molecule has 29 heavy (non-hydrogen) atoms. The third kappa shape index (κ3) is 2.44. The molecule has 1 amide bonds. The molecule has 6 heteroatoms. The van der Waals surface area contributed by atoms with Gasteiger partial charge in [-0.15, -0.1) is 0 Å². The van der Waals surface area contributed by atoms with Crippen LogP contribution in [0.5, 0.6) is 11.5 Å². The van der Waals surface area contributed by atoms with Crippen LogP contribution in [0, 0.1) is 5.92 Å². The number of rotatable bonds is 5. The first-order valence-electron chi connectivity index (χ1n) is 10.6. The Kier molecular flexibility index (Phi) is 4.24. The Labute approximate surface area is 171 Å². The van der Waals surface area contributed by atoms with E-state index in [0.29, 0.717) is 17.9 Å². The highest BCUT2D eigenvalue weighted by molar-refractivity contribution is 5.99. The van der Waals surface area contributed by atoms with Gasteiger partial charge in [0.1, 0.15) is 0 Å². The SMILES string of the molecule is CCCCC(=O)Nc1cc(OC)c2c3c1C[C@@H]1[C@@H]4C=CC(=O)[C@H](O2)[C@]34CCN1C. The Morgan fingerprint density at radius 1 is 1.45 bits per heavy atom. The number of carbonyl (C=O) groups is 2. The largest absolute Gasteiger partial charge is 0.493 e. The average Bonchev–Trinajstić information content (AvgIpc) is 3.06. The molecule has 0 radical (unpaired) electrons. The van der Waals surface area contributed by atoms with Gasteiger partial charge in [-0.3, -0.25) is 9.59 Å². The van der Waals surface area contributed by atoms with Gasteiger partial charge in [0.25, 0.3) is 0 Å². The van der Waals surface area contributed by atoms with Crippen LogP contribution in [-0.4, -0.2) is 49.4 Å². The van der Waals surface area contributed by atoms with E-state index < -0.39 is 6.10 Å². The molecule has 2 bridgehead atoms. The first-order valence-corrected chi connectivity index (χ1v) is 10.6. The maximum Gasteiger partial charge on any atom is 0.224 e. The number of amides is 1. The van der Waals surface area contributed by atoms with Gasteiger partial charge in [-0.1, -0.05) is 19.4 Å². The summed E-state index contributed by atoms with van der Waals surface area (Å²) in [5.41, 5.74) is 2.67. The molecule has 6 nitrogen and oxygen atoms in total. The summed E-state index contributed by atoms with van der Waals surface area (Å²) in [5.74, 6) is 1.59. The highest BCUT2D eigenvalue weighted by atomic mass is 16.5. The van der Waals surface area contributed by atoms with Gasteiger partial charge in [0.2, 0.25) is 5.91 Å². The summed E-state index contributed by atoms with van der Waals surface area (Å²) in [7, 11) is 3.77. The summed E-state index contributed by atoms with van der Waals surface area (Å²) >= 11 is 0. The van der Waals surface area contributed by atoms with Gasteiger partial charge in [0.15, 0.2) is 23.4 Å². The number of hydrogen-bond donors (Lipinski definition) is 1. The second-order valence-corrected chi connectivity index (χ2v) is 8.79. The van der Waals surface area contributed by atoms with E-state index in [1.165, 1.54) is 0 Å². The number of unbranched alkanes of at least 4 members (excludes halogenated alkanes) is 1. The molecule has 5 rings (SSSR count). The predicted octanol–water partition coefficient (Wildman–Crippen LogP) is 2.84. The third-order valence-corrected chi connectivity index (χ3v) is 7.37. The maximum absolute atomic E-state index is 12.8. The minimum absolute atomic E-state index is 0.0262. The topological polar surface area (TPSA) is 67.9 Å². The molecule has 4 aliphatic rings. The van der Waals surface area contributed by atoms with Crippen molar-refractivity contribution in [1.29, 1.82) is 0 Å². The number of benzene rings is 1. The van der Waals surface area contributed by atoms with Crippen LogP contribution in [0.1, 0.15) is 43.7 Å². The first-order chi connectivity index (χ1) is 14.0. The average molecular weight is 396 g/mol. The lowest BCUT2D eigenvalue weighted by Crippen LogP contribution is -2.64. The molecule has 1 fully saturated rings. The third-order valence-electron chi connectivity index (χ3n) is 7.37. The van der Waals surface area contributed by atoms with Gasteiger partial charge in [-0.05, 0) is 44.5 Å². The summed E-state index contributed by atoms with van der Waals surface area (Å²) in [4.78, 5) is 27.8. The van der Waals surface area contributed by atoms with Crippen LogP contribution in [0.15, 0.2) is 18.2 Å². The van der Waals surface area contributed by atoms with Crippen molar-refractivity contribution in [2.45, 2.75) is 56.6 Å². The number of ether oxygens (including phenoxy) is 2. The molecule has 1 N–H and O–H groups in total. The van der Waals surface area contributed by atoms with E-state index in [1.807, 2.05) is 6.07 Å². The summed E-state index contributed by atoms with van der Waals surface area (Å²) in [5, 5.41) is 3.14. The summed E-state index contributed by atoms with van der Waals surface area (Å²) < 4.78 is 12.0. The number of piperidine rings is 1. The second kappa shape index (κ2) is 6.59. The summed E-state index contributed by atoms with van der Waals surface area (Å²) in [6.07, 6.45) is 7.35. The molecule has 2 heterocycles. The number of nitrogens with zero attached hydrogens (tertiary/aromatic N) is 1. The minimum atomic E-state index is -0.498. The second-order valence-electron chi connectivity index (χ2n) is 8.79. The van der Waals surface area contributed by atoms with Gasteiger partial charge in [-0.25, -0.2) is 0 Å². The molecule has 154 valence electrons. The lowest BCUT2D eigenvalue weighted by molar-refractivity contribution is -0.127. The zero-order valence-electron chi connectivity index (χ0n) is 17.3. The van der Waals surface area contributed by atoms with Crippen molar-refractivity contribution < 1.29 is 19.1 Å². The molecule has 1 aromatic carbocycles. The fourth-order valence-electron chi connectivity index (χ4n) is 5.97. The van der Waals surface area contributed by atoms with E-state index in [1.54, 1.807) is 13.2 Å². The van der Waals surface area contributed by atoms with E-state index in [2.05, 4.69) is 30.3 Å². The quantitative estimate of drug-likeness (QED) is 0.829. The zero-order chi connectivity index (χ0) is 20.3. The van der Waals surface area contributed by atoms with E-state index in [-0.39, 0.29) is 29.1 Å². The normalized spacial score (nSPS) is 31.3. The lowest BCUT2D eigenvalue weighted by Gasteiger charge is -2.55. The molecule has 2 aliphatic carbocycles. The van der Waals surface area contributed by atoms with Crippen LogP contribution in [0.2, 0.25) is 0 Å². The lowest BCUT2D eigenvalue weighted by atomic mass is 9.53. The van der Waals surface area contributed by atoms with Crippen molar-refractivity contribution in [3.05, 3.63) is 29.3 Å². The fourth-order valence-corrected chi connectivity index (χ4v) is 5.97. The van der Waals surface area contributed by atoms with Gasteiger partial charge < -0.3 is 19.7 Å². The van der Waals surface area contributed by atoms with Crippen LogP contribution < -0.4 is 14.8 Å². The molecule has 2 aliphatic heterocycles. The van der Waals surface area contributed by atoms with Gasteiger partial charge >= 0.3 is 0 Å². The zero-order valence-corrected chi connectivity index (χ0v) is 17.3. The van der Waals surface area contributed by atoms with Gasteiger partial charge in [-0.2, -0.15) is 0 Å². The Bertz CT molecular complexity index is 924. The number of methoxy groups -OCH3 is 1. The molecule has 1 saturated heterocycles. The molecule has 4 atom stereocenters. The van der Waals surface area contributed by atoms with E-state index in [0.717, 1.165) is 49.0 Å². The summed E-state index contributed by atoms with van der Waals surface area (Å²) in [6, 6.07) is 2.16. The van der Waals surface area contributed by atoms with Gasteiger partial charge in [0, 0.05) is 35.7 Å². The first kappa shape index (κ1) is 18.7. The van der Waals surface area contributed by atoms with Crippen LogP contribution in [0.4, 0.5) is 5.69 Å². The van der Waals surface area contributed by atoms with Crippen molar-refractivity contribution in [3.8, 4) is 11.5 Å². The number of ketones is 1. The van der Waals surface area contributed by atoms with Crippen molar-refractivity contribution in [3.63, 3.8) is 0 Å². The maximum atomic E-state index is 12.8. The molecule has 1 aromatic rings. The summed E-state index contributed by atoms with van der Waals surface area (Å²) in [6.45, 7) is 3.01. The Hall–Kier alpha value is -2.34. The molecular weight excluding hydrogens is 368 g/mol. The molecule has 0 aromatic heterocycles. The Balaban J connectivity index is 1.69. The van der Waals surface area contributed by atoms with Crippen LogP contribution in [-0.2, 0) is 21.4 Å². The Morgan fingerprint density at radius 3 is 3.03 bits per heavy atom. The molecule has 0 saturated carbocycles. The number of hydrogen-bond acceptors (Lipinski definition) is 5. The highest BCUT2D eigenvalue weighted by Gasteiger charge is 2.65.